The van der Waals surface area contributed by atoms with Gasteiger partial charge < -0.3 is 0 Å². The van der Waals surface area contributed by atoms with Gasteiger partial charge in [-0.1, -0.05) is 18.2 Å². The van der Waals surface area contributed by atoms with E-state index in [4.69, 9.17) is 0 Å². The lowest BCUT2D eigenvalue weighted by Gasteiger charge is -2.37. The molecule has 1 heterocycles. The van der Waals surface area contributed by atoms with E-state index in [1.165, 1.54) is 6.07 Å². The predicted octanol–water partition coefficient (Wildman–Crippen LogP) is 1.84. The molecule has 1 saturated heterocycles. The zero-order valence-electron chi connectivity index (χ0n) is 9.18. The van der Waals surface area contributed by atoms with Crippen LogP contribution in [0, 0.1) is 5.82 Å². The Morgan fingerprint density at radius 3 is 2.40 bits per heavy atom. The zero-order chi connectivity index (χ0) is 10.9. The van der Waals surface area contributed by atoms with Crippen LogP contribution < -0.4 is 10.6 Å². The second-order valence-corrected chi connectivity index (χ2v) is 4.61. The molecule has 15 heavy (non-hydrogen) atoms. The molecule has 0 radical (unpaired) electrons. The van der Waals surface area contributed by atoms with Crippen LogP contribution in [0.25, 0.3) is 0 Å². The van der Waals surface area contributed by atoms with E-state index in [-0.39, 0.29) is 17.4 Å². The molecule has 0 spiro atoms. The van der Waals surface area contributed by atoms with E-state index in [0.29, 0.717) is 0 Å². The first-order valence-corrected chi connectivity index (χ1v) is 5.33. The molecule has 0 bridgehead atoms. The number of hydrogen-bond donors (Lipinski definition) is 2. The standard InChI is InChI=1S/C12H17FN2/c1-12(2)14-7-9(8-15-12)10-5-3-4-6-11(10)13/h3-6,9,14-15H,7-8H2,1-2H3. The molecular formula is C12H17FN2. The highest BCUT2D eigenvalue weighted by molar-refractivity contribution is 5.23. The summed E-state index contributed by atoms with van der Waals surface area (Å²) < 4.78 is 13.5. The Hall–Kier alpha value is -0.930. The van der Waals surface area contributed by atoms with Crippen LogP contribution >= 0.6 is 0 Å². The SMILES string of the molecule is CC1(C)NCC(c2ccccc2F)CN1. The molecule has 3 heteroatoms. The molecular weight excluding hydrogens is 191 g/mol. The third-order valence-corrected chi connectivity index (χ3v) is 2.93. The summed E-state index contributed by atoms with van der Waals surface area (Å²) in [5, 5.41) is 6.71. The van der Waals surface area contributed by atoms with Crippen molar-refractivity contribution in [1.82, 2.24) is 10.6 Å². The maximum Gasteiger partial charge on any atom is 0.126 e. The lowest BCUT2D eigenvalue weighted by atomic mass is 9.95. The molecule has 1 aromatic carbocycles. The molecule has 0 atom stereocenters. The lowest BCUT2D eigenvalue weighted by Crippen LogP contribution is -2.59. The van der Waals surface area contributed by atoms with Crippen LogP contribution in [0.2, 0.25) is 0 Å². The number of benzene rings is 1. The fourth-order valence-electron chi connectivity index (χ4n) is 1.92. The minimum Gasteiger partial charge on any atom is -0.299 e. The first-order valence-electron chi connectivity index (χ1n) is 5.33. The number of halogens is 1. The zero-order valence-corrected chi connectivity index (χ0v) is 9.18. The number of nitrogens with one attached hydrogen (secondary N) is 2. The molecule has 0 amide bonds. The minimum atomic E-state index is -0.106. The lowest BCUT2D eigenvalue weighted by molar-refractivity contribution is 0.248. The highest BCUT2D eigenvalue weighted by atomic mass is 19.1. The monoisotopic (exact) mass is 208 g/mol. The Morgan fingerprint density at radius 1 is 1.20 bits per heavy atom. The maximum atomic E-state index is 13.5. The Morgan fingerprint density at radius 2 is 1.80 bits per heavy atom. The number of hydrogen-bond acceptors (Lipinski definition) is 2. The van der Waals surface area contributed by atoms with Crippen molar-refractivity contribution >= 4 is 0 Å². The van der Waals surface area contributed by atoms with Crippen LogP contribution in [-0.2, 0) is 0 Å². The van der Waals surface area contributed by atoms with Crippen molar-refractivity contribution in [2.45, 2.75) is 25.4 Å². The van der Waals surface area contributed by atoms with Crippen molar-refractivity contribution in [3.8, 4) is 0 Å². The first-order chi connectivity index (χ1) is 7.08. The molecule has 0 aromatic heterocycles. The highest BCUT2D eigenvalue weighted by Gasteiger charge is 2.27. The van der Waals surface area contributed by atoms with Crippen LogP contribution in [0.4, 0.5) is 4.39 Å². The average molecular weight is 208 g/mol. The van der Waals surface area contributed by atoms with Crippen molar-refractivity contribution in [1.29, 1.82) is 0 Å². The average Bonchev–Trinajstić information content (AvgIpc) is 2.19. The molecule has 0 unspecified atom stereocenters. The Bertz CT molecular complexity index is 339. The molecule has 1 fully saturated rings. The van der Waals surface area contributed by atoms with Crippen LogP contribution in [0.3, 0.4) is 0 Å². The second-order valence-electron chi connectivity index (χ2n) is 4.61. The van der Waals surface area contributed by atoms with Crippen molar-refractivity contribution < 1.29 is 4.39 Å². The van der Waals surface area contributed by atoms with Crippen molar-refractivity contribution in [3.05, 3.63) is 35.6 Å². The van der Waals surface area contributed by atoms with E-state index in [1.807, 2.05) is 12.1 Å². The van der Waals surface area contributed by atoms with E-state index in [2.05, 4.69) is 24.5 Å². The predicted molar refractivity (Wildman–Crippen MR) is 59.2 cm³/mol. The molecule has 1 aliphatic heterocycles. The summed E-state index contributed by atoms with van der Waals surface area (Å²) in [6.45, 7) is 5.82. The topological polar surface area (TPSA) is 24.1 Å². The Balaban J connectivity index is 2.11. The van der Waals surface area contributed by atoms with Gasteiger partial charge in [-0.25, -0.2) is 4.39 Å². The molecule has 2 nitrogen and oxygen atoms in total. The fourth-order valence-corrected chi connectivity index (χ4v) is 1.92. The van der Waals surface area contributed by atoms with E-state index in [9.17, 15) is 4.39 Å². The molecule has 2 rings (SSSR count). The van der Waals surface area contributed by atoms with E-state index in [0.717, 1.165) is 18.7 Å². The van der Waals surface area contributed by atoms with E-state index >= 15 is 0 Å². The second kappa shape index (κ2) is 3.91. The van der Waals surface area contributed by atoms with Crippen LogP contribution in [-0.4, -0.2) is 18.8 Å². The summed E-state index contributed by atoms with van der Waals surface area (Å²) in [6, 6.07) is 7.00. The smallest absolute Gasteiger partial charge is 0.126 e. The summed E-state index contributed by atoms with van der Waals surface area (Å²) in [7, 11) is 0. The van der Waals surface area contributed by atoms with Crippen molar-refractivity contribution in [2.75, 3.05) is 13.1 Å². The summed E-state index contributed by atoms with van der Waals surface area (Å²) in [5.41, 5.74) is 0.759. The van der Waals surface area contributed by atoms with Crippen LogP contribution in [0.1, 0.15) is 25.3 Å². The summed E-state index contributed by atoms with van der Waals surface area (Å²) >= 11 is 0. The quantitative estimate of drug-likeness (QED) is 0.736. The molecule has 1 aliphatic rings. The van der Waals surface area contributed by atoms with Gasteiger partial charge in [0.15, 0.2) is 0 Å². The fraction of sp³-hybridized carbons (Fsp3) is 0.500. The van der Waals surface area contributed by atoms with Gasteiger partial charge in [0.1, 0.15) is 5.82 Å². The van der Waals surface area contributed by atoms with Crippen LogP contribution in [0.5, 0.6) is 0 Å². The van der Waals surface area contributed by atoms with Gasteiger partial charge in [-0.15, -0.1) is 0 Å². The highest BCUT2D eigenvalue weighted by Crippen LogP contribution is 2.21. The van der Waals surface area contributed by atoms with Crippen LogP contribution in [0.15, 0.2) is 24.3 Å². The molecule has 0 saturated carbocycles. The van der Waals surface area contributed by atoms with E-state index in [1.54, 1.807) is 6.07 Å². The van der Waals surface area contributed by atoms with Gasteiger partial charge in [0, 0.05) is 19.0 Å². The van der Waals surface area contributed by atoms with Gasteiger partial charge in [-0.2, -0.15) is 0 Å². The maximum absolute atomic E-state index is 13.5. The summed E-state index contributed by atoms with van der Waals surface area (Å²) in [6.07, 6.45) is 0. The Labute approximate surface area is 89.9 Å². The normalized spacial score (nSPS) is 21.5. The Kier molecular flexibility index (Phi) is 2.76. The summed E-state index contributed by atoms with van der Waals surface area (Å²) in [4.78, 5) is 0. The van der Waals surface area contributed by atoms with Crippen molar-refractivity contribution in [3.63, 3.8) is 0 Å². The molecule has 82 valence electrons. The molecule has 1 aromatic rings. The largest absolute Gasteiger partial charge is 0.299 e. The first kappa shape index (κ1) is 10.6. The third kappa shape index (κ3) is 2.36. The van der Waals surface area contributed by atoms with Gasteiger partial charge in [0.25, 0.3) is 0 Å². The van der Waals surface area contributed by atoms with Gasteiger partial charge in [0.05, 0.1) is 5.66 Å². The van der Waals surface area contributed by atoms with Gasteiger partial charge in [-0.3, -0.25) is 10.6 Å². The third-order valence-electron chi connectivity index (χ3n) is 2.93. The molecule has 0 aliphatic carbocycles. The molecule has 2 N–H and O–H groups in total. The van der Waals surface area contributed by atoms with Gasteiger partial charge in [-0.05, 0) is 25.5 Å². The summed E-state index contributed by atoms with van der Waals surface area (Å²) in [5.74, 6) is 0.116. The van der Waals surface area contributed by atoms with Gasteiger partial charge >= 0.3 is 0 Å². The van der Waals surface area contributed by atoms with E-state index < -0.39 is 0 Å². The number of rotatable bonds is 1. The minimum absolute atomic E-state index is 0.0399. The van der Waals surface area contributed by atoms with Gasteiger partial charge in [0.2, 0.25) is 0 Å². The van der Waals surface area contributed by atoms with Crippen molar-refractivity contribution in [2.24, 2.45) is 0 Å².